The van der Waals surface area contributed by atoms with Gasteiger partial charge >= 0.3 is 5.97 Å². The highest BCUT2D eigenvalue weighted by molar-refractivity contribution is 7.92. The maximum Gasteiger partial charge on any atom is 0.343 e. The van der Waals surface area contributed by atoms with E-state index in [0.717, 1.165) is 9.87 Å². The Bertz CT molecular complexity index is 1290. The predicted molar refractivity (Wildman–Crippen MR) is 132 cm³/mol. The maximum absolute atomic E-state index is 13.3. The Kier molecular flexibility index (Phi) is 8.58. The summed E-state index contributed by atoms with van der Waals surface area (Å²) in [5.41, 5.74) is 4.25. The molecule has 0 heterocycles. The Balaban J connectivity index is 1.69. The Morgan fingerprint density at radius 2 is 1.71 bits per heavy atom. The largest absolute Gasteiger partial charge is 0.482 e. The molecular formula is C25H25N3O6S. The number of rotatable bonds is 10. The number of methoxy groups -OCH3 is 1. The van der Waals surface area contributed by atoms with E-state index >= 15 is 0 Å². The Hall–Kier alpha value is -4.18. The van der Waals surface area contributed by atoms with Gasteiger partial charge in [0.25, 0.3) is 15.9 Å². The molecule has 0 spiro atoms. The van der Waals surface area contributed by atoms with Gasteiger partial charge in [-0.2, -0.15) is 5.10 Å². The van der Waals surface area contributed by atoms with E-state index in [2.05, 4.69) is 15.3 Å². The summed E-state index contributed by atoms with van der Waals surface area (Å²) in [6.45, 7) is 1.18. The van der Waals surface area contributed by atoms with Crippen LogP contribution in [0.3, 0.4) is 0 Å². The van der Waals surface area contributed by atoms with Crippen LogP contribution in [0.5, 0.6) is 5.75 Å². The highest BCUT2D eigenvalue weighted by Gasteiger charge is 2.27. The monoisotopic (exact) mass is 495 g/mol. The van der Waals surface area contributed by atoms with Crippen molar-refractivity contribution in [2.75, 3.05) is 24.6 Å². The van der Waals surface area contributed by atoms with Gasteiger partial charge in [0.15, 0.2) is 6.61 Å². The lowest BCUT2D eigenvalue weighted by Crippen LogP contribution is -2.39. The number of hydrazone groups is 1. The van der Waals surface area contributed by atoms with Crippen molar-refractivity contribution in [1.29, 1.82) is 0 Å². The molecule has 0 atom stereocenters. The van der Waals surface area contributed by atoms with Gasteiger partial charge in [-0.3, -0.25) is 9.10 Å². The van der Waals surface area contributed by atoms with Gasteiger partial charge in [-0.1, -0.05) is 30.3 Å². The van der Waals surface area contributed by atoms with Crippen LogP contribution in [-0.4, -0.2) is 46.8 Å². The SMILES string of the molecule is COC(=O)COc1ccc(/C=N\NC(=O)CN(c2cccc(C)c2)S(=O)(=O)c2ccccc2)cc1. The van der Waals surface area contributed by atoms with Crippen LogP contribution >= 0.6 is 0 Å². The summed E-state index contributed by atoms with van der Waals surface area (Å²) in [6, 6.07) is 21.5. The molecule has 0 aromatic heterocycles. The molecule has 1 amide bonds. The normalized spacial score (nSPS) is 11.1. The van der Waals surface area contributed by atoms with Crippen LogP contribution < -0.4 is 14.5 Å². The molecule has 3 rings (SSSR count). The van der Waals surface area contributed by atoms with Crippen LogP contribution in [0.25, 0.3) is 0 Å². The minimum absolute atomic E-state index is 0.0762. The van der Waals surface area contributed by atoms with Crippen LogP contribution in [0.2, 0.25) is 0 Å². The molecule has 3 aromatic carbocycles. The molecule has 0 fully saturated rings. The predicted octanol–water partition coefficient (Wildman–Crippen LogP) is 2.89. The molecule has 35 heavy (non-hydrogen) atoms. The zero-order valence-corrected chi connectivity index (χ0v) is 20.1. The first-order chi connectivity index (χ1) is 16.8. The number of hydrogen-bond acceptors (Lipinski definition) is 7. The molecule has 0 unspecified atom stereocenters. The lowest BCUT2D eigenvalue weighted by atomic mass is 10.2. The molecule has 0 saturated carbocycles. The minimum Gasteiger partial charge on any atom is -0.482 e. The fraction of sp³-hybridized carbons (Fsp3) is 0.160. The van der Waals surface area contributed by atoms with Crippen molar-refractivity contribution < 1.29 is 27.5 Å². The molecule has 0 aliphatic rings. The number of nitrogens with one attached hydrogen (secondary N) is 1. The van der Waals surface area contributed by atoms with Crippen LogP contribution in [0, 0.1) is 6.92 Å². The van der Waals surface area contributed by atoms with Crippen molar-refractivity contribution in [2.24, 2.45) is 5.10 Å². The van der Waals surface area contributed by atoms with Gasteiger partial charge in [0.2, 0.25) is 0 Å². The molecule has 0 saturated heterocycles. The molecule has 1 N–H and O–H groups in total. The maximum atomic E-state index is 13.3. The second-order valence-electron chi connectivity index (χ2n) is 7.39. The number of nitrogens with zero attached hydrogens (tertiary/aromatic N) is 2. The Labute approximate surface area is 204 Å². The van der Waals surface area contributed by atoms with Gasteiger partial charge in [-0.05, 0) is 66.6 Å². The first kappa shape index (κ1) is 25.4. The molecule has 10 heteroatoms. The number of anilines is 1. The van der Waals surface area contributed by atoms with E-state index in [-0.39, 0.29) is 11.5 Å². The van der Waals surface area contributed by atoms with E-state index < -0.39 is 28.4 Å². The van der Waals surface area contributed by atoms with Gasteiger partial charge < -0.3 is 9.47 Å². The van der Waals surface area contributed by atoms with E-state index in [4.69, 9.17) is 4.74 Å². The zero-order chi connectivity index (χ0) is 25.3. The average Bonchev–Trinajstić information content (AvgIpc) is 2.87. The number of benzene rings is 3. The van der Waals surface area contributed by atoms with E-state index in [1.54, 1.807) is 60.7 Å². The smallest absolute Gasteiger partial charge is 0.343 e. The highest BCUT2D eigenvalue weighted by Crippen LogP contribution is 2.24. The van der Waals surface area contributed by atoms with Gasteiger partial charge in [0.1, 0.15) is 12.3 Å². The van der Waals surface area contributed by atoms with Gasteiger partial charge in [-0.15, -0.1) is 0 Å². The van der Waals surface area contributed by atoms with Gasteiger partial charge in [0.05, 0.1) is 23.9 Å². The topological polar surface area (TPSA) is 114 Å². The molecular weight excluding hydrogens is 470 g/mol. The third-order valence-electron chi connectivity index (χ3n) is 4.78. The fourth-order valence-electron chi connectivity index (χ4n) is 3.01. The number of carbonyl (C=O) groups is 2. The molecule has 0 aliphatic carbocycles. The molecule has 0 bridgehead atoms. The lowest BCUT2D eigenvalue weighted by molar-refractivity contribution is -0.142. The first-order valence-corrected chi connectivity index (χ1v) is 12.0. The lowest BCUT2D eigenvalue weighted by Gasteiger charge is -2.24. The number of amides is 1. The molecule has 182 valence electrons. The summed E-state index contributed by atoms with van der Waals surface area (Å²) in [5, 5.41) is 3.92. The highest BCUT2D eigenvalue weighted by atomic mass is 32.2. The van der Waals surface area contributed by atoms with E-state index in [1.807, 2.05) is 13.0 Å². The average molecular weight is 496 g/mol. The summed E-state index contributed by atoms with van der Waals surface area (Å²) >= 11 is 0. The van der Waals surface area contributed by atoms with Gasteiger partial charge in [0, 0.05) is 0 Å². The summed E-state index contributed by atoms with van der Waals surface area (Å²) in [4.78, 5) is 23.8. The number of sulfonamides is 1. The Morgan fingerprint density at radius 1 is 1.00 bits per heavy atom. The number of aryl methyl sites for hydroxylation is 1. The quantitative estimate of drug-likeness (QED) is 0.263. The van der Waals surface area contributed by atoms with Crippen LogP contribution in [0.1, 0.15) is 11.1 Å². The van der Waals surface area contributed by atoms with Crippen molar-refractivity contribution in [1.82, 2.24) is 5.43 Å². The zero-order valence-electron chi connectivity index (χ0n) is 19.2. The van der Waals surface area contributed by atoms with E-state index in [0.29, 0.717) is 17.0 Å². The van der Waals surface area contributed by atoms with Crippen molar-refractivity contribution in [3.63, 3.8) is 0 Å². The van der Waals surface area contributed by atoms with Crippen LogP contribution in [0.4, 0.5) is 5.69 Å². The summed E-state index contributed by atoms with van der Waals surface area (Å²) < 4.78 is 37.4. The van der Waals surface area contributed by atoms with E-state index in [9.17, 15) is 18.0 Å². The Morgan fingerprint density at radius 3 is 2.37 bits per heavy atom. The van der Waals surface area contributed by atoms with E-state index in [1.165, 1.54) is 25.5 Å². The van der Waals surface area contributed by atoms with Crippen molar-refractivity contribution in [2.45, 2.75) is 11.8 Å². The number of carbonyl (C=O) groups excluding carboxylic acids is 2. The molecule has 9 nitrogen and oxygen atoms in total. The summed E-state index contributed by atoms with van der Waals surface area (Å²) in [5.74, 6) is -0.635. The molecule has 3 aromatic rings. The van der Waals surface area contributed by atoms with Crippen LogP contribution in [-0.2, 0) is 24.3 Å². The first-order valence-electron chi connectivity index (χ1n) is 10.6. The second-order valence-corrected chi connectivity index (χ2v) is 9.25. The van der Waals surface area contributed by atoms with Crippen molar-refractivity contribution in [3.8, 4) is 5.75 Å². The molecule has 0 radical (unpaired) electrons. The van der Waals surface area contributed by atoms with Crippen LogP contribution in [0.15, 0.2) is 88.9 Å². The minimum atomic E-state index is -3.99. The number of ether oxygens (including phenoxy) is 2. The summed E-state index contributed by atoms with van der Waals surface area (Å²) in [7, 11) is -2.71. The second kappa shape index (κ2) is 11.8. The van der Waals surface area contributed by atoms with Crippen molar-refractivity contribution >= 4 is 33.8 Å². The van der Waals surface area contributed by atoms with Crippen molar-refractivity contribution in [3.05, 3.63) is 90.0 Å². The third-order valence-corrected chi connectivity index (χ3v) is 6.56. The third kappa shape index (κ3) is 7.15. The number of esters is 1. The van der Waals surface area contributed by atoms with Gasteiger partial charge in [-0.25, -0.2) is 18.6 Å². The summed E-state index contributed by atoms with van der Waals surface area (Å²) in [6.07, 6.45) is 1.41. The standard InChI is InChI=1S/C25H25N3O6S/c1-19-7-6-8-21(15-19)28(35(31,32)23-9-4-3-5-10-23)17-24(29)27-26-16-20-11-13-22(14-12-20)34-18-25(30)33-2/h3-16H,17-18H2,1-2H3,(H,27,29)/b26-16-. The number of hydrogen-bond donors (Lipinski definition) is 1. The molecule has 0 aliphatic heterocycles. The fourth-order valence-corrected chi connectivity index (χ4v) is 4.45.